The summed E-state index contributed by atoms with van der Waals surface area (Å²) in [6, 6.07) is 65.5. The van der Waals surface area contributed by atoms with Crippen LogP contribution in [0.25, 0.3) is 65.6 Å². The Morgan fingerprint density at radius 3 is 1.61 bits per heavy atom. The minimum absolute atomic E-state index is 1.12. The van der Waals surface area contributed by atoms with Gasteiger partial charge >= 0.3 is 0 Å². The first-order chi connectivity index (χ1) is 24.3. The summed E-state index contributed by atoms with van der Waals surface area (Å²) in [5.74, 6) is 0. The molecule has 230 valence electrons. The zero-order chi connectivity index (χ0) is 32.3. The lowest BCUT2D eigenvalue weighted by molar-refractivity contribution is 1.13. The number of benzene rings is 8. The van der Waals surface area contributed by atoms with Crippen molar-refractivity contribution in [2.75, 3.05) is 4.90 Å². The molecule has 0 saturated heterocycles. The fourth-order valence-corrected chi connectivity index (χ4v) is 7.75. The van der Waals surface area contributed by atoms with Gasteiger partial charge in [-0.25, -0.2) is 0 Å². The molecule has 2 heterocycles. The molecule has 0 spiro atoms. The van der Waals surface area contributed by atoms with Crippen molar-refractivity contribution in [2.24, 2.45) is 0 Å². The van der Waals surface area contributed by atoms with Gasteiger partial charge in [0.15, 0.2) is 0 Å². The second kappa shape index (κ2) is 11.0. The molecular weight excluding hydrogens is 595 g/mol. The molecule has 0 bridgehead atoms. The van der Waals surface area contributed by atoms with Crippen molar-refractivity contribution in [3.05, 3.63) is 188 Å². The fourth-order valence-electron chi connectivity index (χ4n) is 7.75. The van der Waals surface area contributed by atoms with Gasteiger partial charge in [-0.1, -0.05) is 103 Å². The van der Waals surface area contributed by atoms with Gasteiger partial charge in [0.25, 0.3) is 0 Å². The summed E-state index contributed by atoms with van der Waals surface area (Å²) >= 11 is 0. The highest BCUT2D eigenvalue weighted by atomic mass is 15.1. The minimum Gasteiger partial charge on any atom is -0.316 e. The highest BCUT2D eigenvalue weighted by molar-refractivity contribution is 6.30. The van der Waals surface area contributed by atoms with E-state index in [9.17, 15) is 0 Å². The van der Waals surface area contributed by atoms with Crippen LogP contribution in [-0.2, 0) is 0 Å². The predicted octanol–water partition coefficient (Wildman–Crippen LogP) is 12.5. The average Bonchev–Trinajstić information content (AvgIpc) is 3.77. The van der Waals surface area contributed by atoms with Crippen molar-refractivity contribution < 1.29 is 0 Å². The quantitative estimate of drug-likeness (QED) is 0.185. The molecule has 0 N–H and O–H groups in total. The Balaban J connectivity index is 1.19. The number of rotatable bonds is 5. The third-order valence-corrected chi connectivity index (χ3v) is 9.89. The Bertz CT molecular complexity index is 2750. The van der Waals surface area contributed by atoms with Crippen LogP contribution in [0.3, 0.4) is 0 Å². The van der Waals surface area contributed by atoms with Gasteiger partial charge in [-0.15, -0.1) is 0 Å². The summed E-state index contributed by atoms with van der Waals surface area (Å²) in [6.45, 7) is 0. The van der Waals surface area contributed by atoms with Crippen molar-refractivity contribution in [3.63, 3.8) is 0 Å². The molecule has 10 rings (SSSR count). The smallest absolute Gasteiger partial charge is 0.0607 e. The van der Waals surface area contributed by atoms with E-state index in [4.69, 9.17) is 0 Å². The van der Waals surface area contributed by atoms with Gasteiger partial charge in [0.2, 0.25) is 0 Å². The Kier molecular flexibility index (Phi) is 6.18. The largest absolute Gasteiger partial charge is 0.316 e. The summed E-state index contributed by atoms with van der Waals surface area (Å²) < 4.78 is 4.76. The van der Waals surface area contributed by atoms with E-state index in [1.54, 1.807) is 0 Å². The lowest BCUT2D eigenvalue weighted by Crippen LogP contribution is -2.09. The third-order valence-electron chi connectivity index (χ3n) is 9.89. The molecule has 0 aliphatic heterocycles. The van der Waals surface area contributed by atoms with Gasteiger partial charge in [-0.3, -0.25) is 0 Å². The molecular formula is C46H31N3. The van der Waals surface area contributed by atoms with E-state index in [0.29, 0.717) is 0 Å². The zero-order valence-electron chi connectivity index (χ0n) is 26.7. The summed E-state index contributed by atoms with van der Waals surface area (Å²) in [4.78, 5) is 2.30. The number of anilines is 3. The van der Waals surface area contributed by atoms with Gasteiger partial charge in [-0.05, 0) is 95.0 Å². The molecule has 0 saturated carbocycles. The molecule has 0 aliphatic rings. The fraction of sp³-hybridized carbons (Fsp3) is 0. The van der Waals surface area contributed by atoms with Crippen molar-refractivity contribution in [2.45, 2.75) is 0 Å². The van der Waals surface area contributed by atoms with E-state index < -0.39 is 0 Å². The topological polar surface area (TPSA) is 13.1 Å². The Hall–Kier alpha value is -6.58. The monoisotopic (exact) mass is 625 g/mol. The molecule has 0 radical (unpaired) electrons. The van der Waals surface area contributed by atoms with Gasteiger partial charge < -0.3 is 14.0 Å². The van der Waals surface area contributed by atoms with Crippen molar-refractivity contribution in [1.29, 1.82) is 0 Å². The zero-order valence-corrected chi connectivity index (χ0v) is 26.7. The van der Waals surface area contributed by atoms with Crippen LogP contribution in [0, 0.1) is 0 Å². The first-order valence-corrected chi connectivity index (χ1v) is 16.8. The third kappa shape index (κ3) is 4.29. The lowest BCUT2D eigenvalue weighted by atomic mass is 9.98. The maximum Gasteiger partial charge on any atom is 0.0607 e. The van der Waals surface area contributed by atoms with Crippen molar-refractivity contribution in [3.8, 4) is 11.4 Å². The SMILES string of the molecule is c1ccc(N(c2ccccc2)c2ccc(-n3ccc4ccc5c(ccc6c5c5c7ccccc7ccc5n6-c5ccccc5)c43)cc2)cc1. The number of para-hydroxylation sites is 3. The molecule has 49 heavy (non-hydrogen) atoms. The van der Waals surface area contributed by atoms with Crippen molar-refractivity contribution in [1.82, 2.24) is 9.13 Å². The average molecular weight is 626 g/mol. The minimum atomic E-state index is 1.12. The summed E-state index contributed by atoms with van der Waals surface area (Å²) in [5, 5.41) is 8.85. The van der Waals surface area contributed by atoms with Crippen molar-refractivity contribution >= 4 is 71.3 Å². The Morgan fingerprint density at radius 2 is 0.898 bits per heavy atom. The summed E-state index contributed by atoms with van der Waals surface area (Å²) in [7, 11) is 0. The van der Waals surface area contributed by atoms with Crippen LogP contribution < -0.4 is 4.90 Å². The van der Waals surface area contributed by atoms with Crippen LogP contribution in [0.15, 0.2) is 188 Å². The van der Waals surface area contributed by atoms with Gasteiger partial charge in [0, 0.05) is 56.2 Å². The first kappa shape index (κ1) is 27.5. The van der Waals surface area contributed by atoms with Crippen LogP contribution >= 0.6 is 0 Å². The van der Waals surface area contributed by atoms with E-state index >= 15 is 0 Å². The highest BCUT2D eigenvalue weighted by Crippen LogP contribution is 2.42. The van der Waals surface area contributed by atoms with Crippen LogP contribution in [-0.4, -0.2) is 9.13 Å². The summed E-state index contributed by atoms with van der Waals surface area (Å²) in [6.07, 6.45) is 2.21. The van der Waals surface area contributed by atoms with Crippen LogP contribution in [0.2, 0.25) is 0 Å². The van der Waals surface area contributed by atoms with Crippen LogP contribution in [0.1, 0.15) is 0 Å². The Labute approximate surface area is 284 Å². The molecule has 2 aromatic heterocycles. The second-order valence-corrected chi connectivity index (χ2v) is 12.6. The number of nitrogens with zero attached hydrogens (tertiary/aromatic N) is 3. The lowest BCUT2D eigenvalue weighted by Gasteiger charge is -2.25. The Morgan fingerprint density at radius 1 is 0.347 bits per heavy atom. The van der Waals surface area contributed by atoms with Crippen LogP contribution in [0.4, 0.5) is 17.1 Å². The van der Waals surface area contributed by atoms with Gasteiger partial charge in [0.1, 0.15) is 0 Å². The number of fused-ring (bicyclic) bond motifs is 9. The molecule has 3 nitrogen and oxygen atoms in total. The molecule has 0 fully saturated rings. The molecule has 0 amide bonds. The van der Waals surface area contributed by atoms with E-state index in [0.717, 1.165) is 22.7 Å². The molecule has 8 aromatic carbocycles. The standard InChI is InChI=1S/C46H31N3/c1-4-13-35(14-5-1)48(36-15-6-2-7-16-36)38-24-22-34(23-25-38)47-31-30-33-20-26-40-41(46(33)47)27-29-43-45(40)44-39-19-11-10-12-32(39)21-28-42(44)49(43)37-17-8-3-9-18-37/h1-31H. The number of hydrogen-bond acceptors (Lipinski definition) is 1. The second-order valence-electron chi connectivity index (χ2n) is 12.6. The number of aromatic nitrogens is 2. The van der Waals surface area contributed by atoms with E-state index in [1.807, 2.05) is 0 Å². The molecule has 10 aromatic rings. The molecule has 0 atom stereocenters. The van der Waals surface area contributed by atoms with E-state index in [2.05, 4.69) is 202 Å². The highest BCUT2D eigenvalue weighted by Gasteiger charge is 2.19. The predicted molar refractivity (Wildman–Crippen MR) is 207 cm³/mol. The first-order valence-electron chi connectivity index (χ1n) is 16.8. The van der Waals surface area contributed by atoms with E-state index in [1.165, 1.54) is 59.9 Å². The summed E-state index contributed by atoms with van der Waals surface area (Å²) in [5.41, 5.74) is 9.33. The molecule has 0 aliphatic carbocycles. The normalized spacial score (nSPS) is 11.7. The molecule has 3 heteroatoms. The maximum absolute atomic E-state index is 2.42. The molecule has 0 unspecified atom stereocenters. The van der Waals surface area contributed by atoms with Crippen LogP contribution in [0.5, 0.6) is 0 Å². The van der Waals surface area contributed by atoms with Gasteiger partial charge in [-0.2, -0.15) is 0 Å². The maximum atomic E-state index is 2.42. The number of hydrogen-bond donors (Lipinski definition) is 0. The van der Waals surface area contributed by atoms with Gasteiger partial charge in [0.05, 0.1) is 16.6 Å². The van der Waals surface area contributed by atoms with E-state index in [-0.39, 0.29) is 0 Å².